The van der Waals surface area contributed by atoms with Crippen molar-refractivity contribution in [2.45, 2.75) is 13.8 Å². The van der Waals surface area contributed by atoms with E-state index in [9.17, 15) is 0 Å². The number of hydrogen-bond donors (Lipinski definition) is 0. The van der Waals surface area contributed by atoms with Gasteiger partial charge in [-0.15, -0.1) is 0 Å². The highest BCUT2D eigenvalue weighted by atomic mass is 16.5. The van der Waals surface area contributed by atoms with Crippen molar-refractivity contribution in [2.75, 3.05) is 31.1 Å². The van der Waals surface area contributed by atoms with Crippen LogP contribution in [0.5, 0.6) is 17.2 Å². The Labute approximate surface area is 327 Å². The fraction of sp³-hybridized carbons (Fsp3) is 0.0980. The van der Waals surface area contributed by atoms with Crippen LogP contribution in [-0.4, -0.2) is 21.3 Å². The minimum Gasteiger partial charge on any atom is -0.497 e. The first-order chi connectivity index (χ1) is 27.4. The smallest absolute Gasteiger partial charge is 0.119 e. The van der Waals surface area contributed by atoms with Crippen LogP contribution in [0, 0.1) is 13.8 Å². The summed E-state index contributed by atoms with van der Waals surface area (Å²) in [4.78, 5) is 4.66. The van der Waals surface area contributed by atoms with E-state index in [0.717, 1.165) is 68.1 Å². The minimum absolute atomic E-state index is 0.819. The van der Waals surface area contributed by atoms with E-state index in [4.69, 9.17) is 14.2 Å². The van der Waals surface area contributed by atoms with Gasteiger partial charge in [-0.25, -0.2) is 0 Å². The van der Waals surface area contributed by atoms with Gasteiger partial charge in [-0.3, -0.25) is 0 Å². The highest BCUT2D eigenvalue weighted by Crippen LogP contribution is 2.46. The Morgan fingerprint density at radius 2 is 0.750 bits per heavy atom. The molecule has 274 valence electrons. The predicted molar refractivity (Wildman–Crippen MR) is 234 cm³/mol. The molecule has 5 nitrogen and oxygen atoms in total. The van der Waals surface area contributed by atoms with Gasteiger partial charge >= 0.3 is 0 Å². The summed E-state index contributed by atoms with van der Waals surface area (Å²) in [6.07, 6.45) is 0. The molecule has 9 aromatic rings. The van der Waals surface area contributed by atoms with Crippen LogP contribution in [0.3, 0.4) is 0 Å². The van der Waals surface area contributed by atoms with Crippen LogP contribution in [0.15, 0.2) is 164 Å². The van der Waals surface area contributed by atoms with Crippen LogP contribution in [0.25, 0.3) is 43.4 Å². The number of benzene rings is 9. The van der Waals surface area contributed by atoms with Gasteiger partial charge in [-0.05, 0) is 166 Å². The minimum atomic E-state index is 0.819. The molecular formula is C51H42N2O3. The van der Waals surface area contributed by atoms with Crippen LogP contribution < -0.4 is 24.0 Å². The van der Waals surface area contributed by atoms with Crippen molar-refractivity contribution in [1.29, 1.82) is 0 Å². The Morgan fingerprint density at radius 1 is 0.357 bits per heavy atom. The summed E-state index contributed by atoms with van der Waals surface area (Å²) in [5, 5.41) is 7.57. The molecule has 9 aromatic carbocycles. The van der Waals surface area contributed by atoms with Crippen molar-refractivity contribution in [2.24, 2.45) is 0 Å². The Bertz CT molecular complexity index is 2770. The van der Waals surface area contributed by atoms with Crippen molar-refractivity contribution in [3.05, 3.63) is 175 Å². The molecule has 0 unspecified atom stereocenters. The van der Waals surface area contributed by atoms with Crippen LogP contribution in [0.2, 0.25) is 0 Å². The second-order valence-corrected chi connectivity index (χ2v) is 14.2. The van der Waals surface area contributed by atoms with E-state index in [1.807, 2.05) is 36.4 Å². The van der Waals surface area contributed by atoms with Gasteiger partial charge in [0, 0.05) is 33.8 Å². The zero-order valence-corrected chi connectivity index (χ0v) is 32.2. The van der Waals surface area contributed by atoms with E-state index in [1.165, 1.54) is 37.9 Å². The average molecular weight is 731 g/mol. The molecule has 56 heavy (non-hydrogen) atoms. The number of methoxy groups -OCH3 is 3. The van der Waals surface area contributed by atoms with Gasteiger partial charge < -0.3 is 24.0 Å². The topological polar surface area (TPSA) is 34.2 Å². The fourth-order valence-electron chi connectivity index (χ4n) is 8.12. The molecule has 0 heterocycles. The van der Waals surface area contributed by atoms with Crippen molar-refractivity contribution in [3.63, 3.8) is 0 Å². The van der Waals surface area contributed by atoms with Gasteiger partial charge in [-0.1, -0.05) is 60.7 Å². The first-order valence-electron chi connectivity index (χ1n) is 18.8. The predicted octanol–water partition coefficient (Wildman–Crippen LogP) is 13.8. The lowest BCUT2D eigenvalue weighted by molar-refractivity contribution is 0.414. The Morgan fingerprint density at radius 3 is 1.21 bits per heavy atom. The molecule has 0 spiro atoms. The third-order valence-corrected chi connectivity index (χ3v) is 10.9. The Balaban J connectivity index is 1.13. The third-order valence-electron chi connectivity index (χ3n) is 10.9. The van der Waals surface area contributed by atoms with Gasteiger partial charge in [-0.2, -0.15) is 0 Å². The average Bonchev–Trinajstić information content (AvgIpc) is 3.25. The van der Waals surface area contributed by atoms with Crippen molar-refractivity contribution >= 4 is 66.4 Å². The first kappa shape index (κ1) is 34.8. The highest BCUT2D eigenvalue weighted by Gasteiger charge is 2.21. The maximum absolute atomic E-state index is 5.57. The van der Waals surface area contributed by atoms with E-state index in [2.05, 4.69) is 151 Å². The van der Waals surface area contributed by atoms with Crippen LogP contribution in [-0.2, 0) is 0 Å². The van der Waals surface area contributed by atoms with Crippen molar-refractivity contribution in [3.8, 4) is 28.4 Å². The molecule has 0 saturated heterocycles. The van der Waals surface area contributed by atoms with E-state index in [1.54, 1.807) is 21.3 Å². The van der Waals surface area contributed by atoms with Gasteiger partial charge in [0.15, 0.2) is 0 Å². The molecule has 5 heteroatoms. The maximum atomic E-state index is 5.57. The summed E-state index contributed by atoms with van der Waals surface area (Å²) >= 11 is 0. The number of aryl methyl sites for hydroxylation is 2. The number of ether oxygens (including phenoxy) is 3. The summed E-state index contributed by atoms with van der Waals surface area (Å²) in [6.45, 7) is 4.39. The molecule has 0 amide bonds. The van der Waals surface area contributed by atoms with E-state index < -0.39 is 0 Å². The summed E-state index contributed by atoms with van der Waals surface area (Å²) in [6, 6.07) is 58.3. The molecule has 0 atom stereocenters. The quantitative estimate of drug-likeness (QED) is 0.131. The zero-order valence-electron chi connectivity index (χ0n) is 32.2. The zero-order chi connectivity index (χ0) is 38.3. The summed E-state index contributed by atoms with van der Waals surface area (Å²) in [5.74, 6) is 2.46. The Hall–Kier alpha value is -6.98. The highest BCUT2D eigenvalue weighted by molar-refractivity contribution is 6.25. The van der Waals surface area contributed by atoms with Crippen LogP contribution in [0.1, 0.15) is 11.1 Å². The summed E-state index contributed by atoms with van der Waals surface area (Å²) in [7, 11) is 5.09. The lowest BCUT2D eigenvalue weighted by Crippen LogP contribution is -2.12. The van der Waals surface area contributed by atoms with E-state index in [0.29, 0.717) is 0 Å². The molecule has 0 aliphatic heterocycles. The van der Waals surface area contributed by atoms with E-state index in [-0.39, 0.29) is 0 Å². The molecule has 0 aliphatic carbocycles. The molecule has 0 radical (unpaired) electrons. The Kier molecular flexibility index (Phi) is 8.91. The van der Waals surface area contributed by atoms with Gasteiger partial charge in [0.1, 0.15) is 17.2 Å². The molecular weight excluding hydrogens is 689 g/mol. The molecule has 0 fully saturated rings. The molecule has 0 N–H and O–H groups in total. The number of nitrogens with zero attached hydrogens (tertiary/aromatic N) is 2. The lowest BCUT2D eigenvalue weighted by atomic mass is 9.93. The van der Waals surface area contributed by atoms with Gasteiger partial charge in [0.05, 0.1) is 27.0 Å². The molecule has 0 aromatic heterocycles. The van der Waals surface area contributed by atoms with E-state index >= 15 is 0 Å². The first-order valence-corrected chi connectivity index (χ1v) is 18.8. The molecule has 9 rings (SSSR count). The maximum Gasteiger partial charge on any atom is 0.119 e. The number of anilines is 6. The van der Waals surface area contributed by atoms with Crippen molar-refractivity contribution < 1.29 is 14.2 Å². The number of hydrogen-bond acceptors (Lipinski definition) is 5. The number of rotatable bonds is 10. The second-order valence-electron chi connectivity index (χ2n) is 14.2. The van der Waals surface area contributed by atoms with Crippen LogP contribution >= 0.6 is 0 Å². The molecule has 0 aliphatic rings. The monoisotopic (exact) mass is 730 g/mol. The molecule has 0 bridgehead atoms. The SMILES string of the molecule is COc1ccc(N(c2ccc(OC)cc2)c2ccc(-c3ccc(N(c4ccc(OC)cc4)c4ccc5ccc6cccc7ccc4c5c67)c(C)c3)cc2C)cc1. The van der Waals surface area contributed by atoms with Gasteiger partial charge in [0.25, 0.3) is 0 Å². The largest absolute Gasteiger partial charge is 0.497 e. The lowest BCUT2D eigenvalue weighted by Gasteiger charge is -2.29. The normalized spacial score (nSPS) is 11.3. The van der Waals surface area contributed by atoms with Crippen molar-refractivity contribution in [1.82, 2.24) is 0 Å². The molecule has 0 saturated carbocycles. The third kappa shape index (κ3) is 6.08. The van der Waals surface area contributed by atoms with Gasteiger partial charge in [0.2, 0.25) is 0 Å². The summed E-state index contributed by atoms with van der Waals surface area (Å²) in [5.41, 5.74) is 11.1. The van der Waals surface area contributed by atoms with Crippen LogP contribution in [0.4, 0.5) is 34.1 Å². The fourth-order valence-corrected chi connectivity index (χ4v) is 8.12. The standard InChI is InChI=1S/C51H42N2O3/c1-33-31-38(13-28-47(33)52(40-15-21-43(54-3)22-16-40)41-17-23-44(55-4)24-18-41)39-14-29-48(34(2)32-39)53(42-19-25-45(56-5)26-20-42)49-30-12-37-10-9-35-7-6-8-36-11-27-46(49)51(37)50(35)36/h6-32H,1-5H3. The summed E-state index contributed by atoms with van der Waals surface area (Å²) < 4.78 is 16.5. The second kappa shape index (κ2) is 14.3.